The molecule has 0 unspecified atom stereocenters. The van der Waals surface area contributed by atoms with Crippen molar-refractivity contribution in [1.29, 1.82) is 0 Å². The highest BCUT2D eigenvalue weighted by Crippen LogP contribution is 2.29. The van der Waals surface area contributed by atoms with E-state index in [1.54, 1.807) is 24.0 Å². The highest BCUT2D eigenvalue weighted by molar-refractivity contribution is 7.18. The van der Waals surface area contributed by atoms with E-state index >= 15 is 0 Å². The van der Waals surface area contributed by atoms with E-state index in [0.29, 0.717) is 5.69 Å². The maximum absolute atomic E-state index is 13.3. The van der Waals surface area contributed by atoms with Crippen LogP contribution in [0.1, 0.15) is 5.69 Å². The first-order valence-corrected chi connectivity index (χ1v) is 6.83. The lowest BCUT2D eigenvalue weighted by molar-refractivity contribution is 0.625. The molecule has 0 fully saturated rings. The highest BCUT2D eigenvalue weighted by atomic mass is 32.1. The Morgan fingerprint density at radius 3 is 2.85 bits per heavy atom. The number of halogens is 1. The van der Waals surface area contributed by atoms with Gasteiger partial charge in [0, 0.05) is 7.05 Å². The first kappa shape index (κ1) is 12.7. The summed E-state index contributed by atoms with van der Waals surface area (Å²) >= 11 is 1.45. The smallest absolute Gasteiger partial charge is 0.205 e. The average Bonchev–Trinajstić information content (AvgIpc) is 3.04. The molecule has 102 valence electrons. The molecular formula is C13H12FN5S. The van der Waals surface area contributed by atoms with E-state index < -0.39 is 0 Å². The van der Waals surface area contributed by atoms with E-state index in [1.165, 1.54) is 23.5 Å². The van der Waals surface area contributed by atoms with Crippen molar-refractivity contribution < 1.29 is 4.39 Å². The van der Waals surface area contributed by atoms with Gasteiger partial charge >= 0.3 is 0 Å². The predicted molar refractivity (Wildman–Crippen MR) is 76.7 cm³/mol. The molecule has 0 bridgehead atoms. The van der Waals surface area contributed by atoms with Crippen molar-refractivity contribution in [2.24, 2.45) is 0 Å². The molecule has 0 atom stereocenters. The van der Waals surface area contributed by atoms with Gasteiger partial charge in [-0.05, 0) is 25.1 Å². The van der Waals surface area contributed by atoms with Crippen LogP contribution >= 0.6 is 11.3 Å². The van der Waals surface area contributed by atoms with Crippen LogP contribution in [-0.2, 0) is 0 Å². The Morgan fingerprint density at radius 2 is 2.15 bits per heavy atom. The summed E-state index contributed by atoms with van der Waals surface area (Å²) in [5.41, 5.74) is 2.48. The molecule has 20 heavy (non-hydrogen) atoms. The summed E-state index contributed by atoms with van der Waals surface area (Å²) in [4.78, 5) is 0. The molecular weight excluding hydrogens is 277 g/mol. The first-order chi connectivity index (χ1) is 9.69. The normalized spacial score (nSPS) is 10.8. The van der Waals surface area contributed by atoms with Gasteiger partial charge in [-0.15, -0.1) is 10.2 Å². The second kappa shape index (κ2) is 5.01. The maximum atomic E-state index is 13.3. The van der Waals surface area contributed by atoms with E-state index in [4.69, 9.17) is 0 Å². The SMILES string of the molecule is CNc1nnc(-c2cnn(-c3cccc(F)c3)c2C)s1. The van der Waals surface area contributed by atoms with Crippen molar-refractivity contribution in [3.05, 3.63) is 42.0 Å². The van der Waals surface area contributed by atoms with E-state index in [9.17, 15) is 4.39 Å². The molecule has 2 aromatic heterocycles. The lowest BCUT2D eigenvalue weighted by Gasteiger charge is -2.04. The van der Waals surface area contributed by atoms with Crippen molar-refractivity contribution in [2.45, 2.75) is 6.92 Å². The van der Waals surface area contributed by atoms with Crippen LogP contribution in [0.4, 0.5) is 9.52 Å². The standard InChI is InChI=1S/C13H12FN5S/c1-8-11(12-17-18-13(15-2)20-12)7-16-19(8)10-5-3-4-9(14)6-10/h3-7H,1-2H3,(H,15,18). The van der Waals surface area contributed by atoms with Gasteiger partial charge in [-0.2, -0.15) is 5.10 Å². The zero-order valence-electron chi connectivity index (χ0n) is 11.0. The molecule has 0 saturated heterocycles. The lowest BCUT2D eigenvalue weighted by Crippen LogP contribution is -1.99. The van der Waals surface area contributed by atoms with Crippen molar-refractivity contribution in [1.82, 2.24) is 20.0 Å². The van der Waals surface area contributed by atoms with Gasteiger partial charge in [-0.3, -0.25) is 0 Å². The third-order valence-electron chi connectivity index (χ3n) is 2.93. The highest BCUT2D eigenvalue weighted by Gasteiger charge is 2.14. The largest absolute Gasteiger partial charge is 0.363 e. The van der Waals surface area contributed by atoms with Gasteiger partial charge in [0.2, 0.25) is 5.13 Å². The lowest BCUT2D eigenvalue weighted by atomic mass is 10.2. The fraction of sp³-hybridized carbons (Fsp3) is 0.154. The van der Waals surface area contributed by atoms with Gasteiger partial charge in [0.1, 0.15) is 5.82 Å². The summed E-state index contributed by atoms with van der Waals surface area (Å²) in [5.74, 6) is -0.285. The van der Waals surface area contributed by atoms with Gasteiger partial charge in [0.15, 0.2) is 5.01 Å². The molecule has 0 spiro atoms. The minimum Gasteiger partial charge on any atom is -0.363 e. The van der Waals surface area contributed by atoms with E-state index in [2.05, 4.69) is 20.6 Å². The van der Waals surface area contributed by atoms with Crippen molar-refractivity contribution in [2.75, 3.05) is 12.4 Å². The molecule has 0 aliphatic rings. The summed E-state index contributed by atoms with van der Waals surface area (Å²) in [6, 6.07) is 6.33. The van der Waals surface area contributed by atoms with E-state index in [-0.39, 0.29) is 5.82 Å². The monoisotopic (exact) mass is 289 g/mol. The Labute approximate surface area is 119 Å². The van der Waals surface area contributed by atoms with Crippen LogP contribution in [0.15, 0.2) is 30.5 Å². The fourth-order valence-electron chi connectivity index (χ4n) is 1.92. The Hall–Kier alpha value is -2.28. The number of rotatable bonds is 3. The fourth-order valence-corrected chi connectivity index (χ4v) is 2.68. The Kier molecular flexibility index (Phi) is 3.19. The van der Waals surface area contributed by atoms with Crippen molar-refractivity contribution >= 4 is 16.5 Å². The number of hydrogen-bond acceptors (Lipinski definition) is 5. The molecule has 0 aliphatic heterocycles. The summed E-state index contributed by atoms with van der Waals surface area (Å²) < 4.78 is 15.0. The summed E-state index contributed by atoms with van der Waals surface area (Å²) in [6.07, 6.45) is 1.72. The first-order valence-electron chi connectivity index (χ1n) is 6.01. The number of nitrogens with zero attached hydrogens (tertiary/aromatic N) is 4. The quantitative estimate of drug-likeness (QED) is 0.805. The van der Waals surface area contributed by atoms with Crippen LogP contribution < -0.4 is 5.32 Å². The number of benzene rings is 1. The predicted octanol–water partition coefficient (Wildman–Crippen LogP) is 2.88. The van der Waals surface area contributed by atoms with Gasteiger partial charge < -0.3 is 5.32 Å². The molecule has 5 nitrogen and oxygen atoms in total. The second-order valence-electron chi connectivity index (χ2n) is 4.20. The van der Waals surface area contributed by atoms with Gasteiger partial charge in [0.05, 0.1) is 23.1 Å². The van der Waals surface area contributed by atoms with Gasteiger partial charge in [0.25, 0.3) is 0 Å². The topological polar surface area (TPSA) is 55.6 Å². The third-order valence-corrected chi connectivity index (χ3v) is 3.91. The molecule has 0 radical (unpaired) electrons. The van der Waals surface area contributed by atoms with Crippen LogP contribution in [0.5, 0.6) is 0 Å². The number of hydrogen-bond donors (Lipinski definition) is 1. The average molecular weight is 289 g/mol. The van der Waals surface area contributed by atoms with Crippen LogP contribution in [-0.4, -0.2) is 27.0 Å². The van der Waals surface area contributed by atoms with Gasteiger partial charge in [-0.1, -0.05) is 17.4 Å². The van der Waals surface area contributed by atoms with E-state index in [1.807, 2.05) is 13.0 Å². The Bertz CT molecular complexity index is 749. The summed E-state index contributed by atoms with van der Waals surface area (Å²) in [7, 11) is 1.80. The minimum atomic E-state index is -0.285. The molecule has 1 aromatic carbocycles. The molecule has 1 N–H and O–H groups in total. The molecule has 3 rings (SSSR count). The molecule has 0 amide bonds. The summed E-state index contributed by atoms with van der Waals surface area (Å²) in [5, 5.41) is 16.9. The number of anilines is 1. The summed E-state index contributed by atoms with van der Waals surface area (Å²) in [6.45, 7) is 1.92. The second-order valence-corrected chi connectivity index (χ2v) is 5.18. The molecule has 0 aliphatic carbocycles. The molecule has 7 heteroatoms. The molecule has 3 aromatic rings. The number of aromatic nitrogens is 4. The van der Waals surface area contributed by atoms with Crippen LogP contribution in [0.25, 0.3) is 16.3 Å². The minimum absolute atomic E-state index is 0.285. The van der Waals surface area contributed by atoms with Crippen molar-refractivity contribution in [3.8, 4) is 16.3 Å². The molecule has 0 saturated carbocycles. The maximum Gasteiger partial charge on any atom is 0.205 e. The van der Waals surface area contributed by atoms with Gasteiger partial charge in [-0.25, -0.2) is 9.07 Å². The van der Waals surface area contributed by atoms with Crippen molar-refractivity contribution in [3.63, 3.8) is 0 Å². The van der Waals surface area contributed by atoms with Crippen LogP contribution in [0, 0.1) is 12.7 Å². The Balaban J connectivity index is 2.04. The number of nitrogens with one attached hydrogen (secondary N) is 1. The van der Waals surface area contributed by atoms with Crippen LogP contribution in [0.3, 0.4) is 0 Å². The zero-order valence-corrected chi connectivity index (χ0v) is 11.8. The van der Waals surface area contributed by atoms with Crippen LogP contribution in [0.2, 0.25) is 0 Å². The van der Waals surface area contributed by atoms with E-state index in [0.717, 1.165) is 21.4 Å². The Morgan fingerprint density at radius 1 is 1.30 bits per heavy atom. The zero-order chi connectivity index (χ0) is 14.1. The molecule has 2 heterocycles. The third kappa shape index (κ3) is 2.16.